The van der Waals surface area contributed by atoms with E-state index in [0.29, 0.717) is 30.3 Å². The molecule has 1 aromatic carbocycles. The molecule has 2 aliphatic rings. The van der Waals surface area contributed by atoms with Crippen LogP contribution in [0.4, 0.5) is 15.8 Å². The molecule has 8 heteroatoms. The molecule has 2 aromatic rings. The Hall–Kier alpha value is -3.03. The molecule has 0 radical (unpaired) electrons. The zero-order valence-electron chi connectivity index (χ0n) is 14.8. The number of carbonyl (C=O) groups is 2. The van der Waals surface area contributed by atoms with Crippen molar-refractivity contribution < 1.29 is 14.0 Å². The van der Waals surface area contributed by atoms with Gasteiger partial charge in [0.25, 0.3) is 5.91 Å². The molecule has 1 fully saturated rings. The van der Waals surface area contributed by atoms with Crippen molar-refractivity contribution in [1.82, 2.24) is 15.0 Å². The fourth-order valence-electron chi connectivity index (χ4n) is 3.37. The Labute approximate surface area is 155 Å². The van der Waals surface area contributed by atoms with E-state index < -0.39 is 11.7 Å². The second kappa shape index (κ2) is 6.94. The Balaban J connectivity index is 1.64. The maximum absolute atomic E-state index is 14.7. The Bertz CT molecular complexity index is 919. The molecule has 1 aromatic heterocycles. The normalized spacial score (nSPS) is 16.3. The summed E-state index contributed by atoms with van der Waals surface area (Å²) in [7, 11) is 0. The number of nitrogens with one attached hydrogen (secondary N) is 1. The number of hydrogen-bond acceptors (Lipinski definition) is 4. The van der Waals surface area contributed by atoms with Crippen molar-refractivity contribution in [1.29, 1.82) is 0 Å². The lowest BCUT2D eigenvalue weighted by Gasteiger charge is -2.25. The van der Waals surface area contributed by atoms with E-state index in [1.807, 2.05) is 10.9 Å². The van der Waals surface area contributed by atoms with Gasteiger partial charge in [-0.25, -0.2) is 9.07 Å². The van der Waals surface area contributed by atoms with Gasteiger partial charge in [0, 0.05) is 12.1 Å². The first-order valence-corrected chi connectivity index (χ1v) is 9.02. The maximum atomic E-state index is 14.7. The highest BCUT2D eigenvalue weighted by molar-refractivity contribution is 6.01. The summed E-state index contributed by atoms with van der Waals surface area (Å²) >= 11 is 0. The van der Waals surface area contributed by atoms with Gasteiger partial charge in [-0.05, 0) is 49.5 Å². The van der Waals surface area contributed by atoms with E-state index in [4.69, 9.17) is 0 Å². The van der Waals surface area contributed by atoms with Gasteiger partial charge in [0.05, 0.1) is 24.5 Å². The summed E-state index contributed by atoms with van der Waals surface area (Å²) < 4.78 is 16.5. The molecule has 0 spiro atoms. The predicted molar refractivity (Wildman–Crippen MR) is 97.6 cm³/mol. The minimum absolute atomic E-state index is 0.0969. The van der Waals surface area contributed by atoms with Crippen molar-refractivity contribution in [2.45, 2.75) is 44.7 Å². The number of aryl methyl sites for hydroxylation is 1. The highest BCUT2D eigenvalue weighted by atomic mass is 19.1. The first kappa shape index (κ1) is 17.4. The number of aromatic nitrogens is 3. The van der Waals surface area contributed by atoms with Crippen molar-refractivity contribution in [3.8, 4) is 0 Å². The molecule has 0 atom stereocenters. The van der Waals surface area contributed by atoms with Crippen LogP contribution in [0.2, 0.25) is 0 Å². The van der Waals surface area contributed by atoms with Crippen LogP contribution in [0.15, 0.2) is 31.0 Å². The average molecular weight is 369 g/mol. The van der Waals surface area contributed by atoms with Crippen LogP contribution in [-0.2, 0) is 22.6 Å². The summed E-state index contributed by atoms with van der Waals surface area (Å²) in [6, 6.07) is 3.23. The summed E-state index contributed by atoms with van der Waals surface area (Å²) in [5.41, 5.74) is 1.98. The summed E-state index contributed by atoms with van der Waals surface area (Å²) in [5, 5.41) is 10.9. The zero-order chi connectivity index (χ0) is 19.0. The number of carbonyl (C=O) groups excluding carboxylic acids is 2. The molecular formula is C19H20FN5O2. The van der Waals surface area contributed by atoms with Gasteiger partial charge in [0.15, 0.2) is 0 Å². The van der Waals surface area contributed by atoms with Crippen LogP contribution < -0.4 is 10.2 Å². The molecule has 2 heterocycles. The summed E-state index contributed by atoms with van der Waals surface area (Å²) in [4.78, 5) is 25.2. The lowest BCUT2D eigenvalue weighted by atomic mass is 9.93. The van der Waals surface area contributed by atoms with Gasteiger partial charge in [0.2, 0.25) is 5.91 Å². The molecule has 1 aliphatic carbocycles. The lowest BCUT2D eigenvalue weighted by Crippen LogP contribution is -2.30. The van der Waals surface area contributed by atoms with Gasteiger partial charge in [-0.1, -0.05) is 11.8 Å². The fraction of sp³-hybridized carbons (Fsp3) is 0.368. The van der Waals surface area contributed by atoms with E-state index in [1.165, 1.54) is 17.4 Å². The number of anilines is 2. The molecule has 1 saturated carbocycles. The highest BCUT2D eigenvalue weighted by Crippen LogP contribution is 2.32. The van der Waals surface area contributed by atoms with Gasteiger partial charge in [-0.15, -0.1) is 5.10 Å². The number of amides is 2. The van der Waals surface area contributed by atoms with E-state index in [9.17, 15) is 14.0 Å². The van der Waals surface area contributed by atoms with E-state index in [-0.39, 0.29) is 18.1 Å². The summed E-state index contributed by atoms with van der Waals surface area (Å²) in [6.45, 7) is 3.62. The van der Waals surface area contributed by atoms with Crippen molar-refractivity contribution >= 4 is 23.2 Å². The minimum atomic E-state index is -0.586. The molecule has 0 bridgehead atoms. The number of nitrogens with zero attached hydrogens (tertiary/aromatic N) is 4. The van der Waals surface area contributed by atoms with E-state index >= 15 is 0 Å². The molecular weight excluding hydrogens is 349 g/mol. The molecule has 0 saturated heterocycles. The smallest absolute Gasteiger partial charge is 0.250 e. The minimum Gasteiger partial charge on any atom is -0.326 e. The molecule has 4 rings (SSSR count). The highest BCUT2D eigenvalue weighted by Gasteiger charge is 2.25. The third kappa shape index (κ3) is 3.34. The van der Waals surface area contributed by atoms with Gasteiger partial charge < -0.3 is 5.32 Å². The largest absolute Gasteiger partial charge is 0.326 e. The fourth-order valence-corrected chi connectivity index (χ4v) is 3.37. The Morgan fingerprint density at radius 2 is 2.22 bits per heavy atom. The summed E-state index contributed by atoms with van der Waals surface area (Å²) in [5.74, 6) is -1.15. The van der Waals surface area contributed by atoms with Crippen LogP contribution in [0.3, 0.4) is 0 Å². The standard InChI is InChI=1S/C19H20FN5O2/c1-2-19(27)24(10-13-11-25(23-22-13)14-4-3-5-14)17-8-12-6-7-18(26)21-16(12)9-15(17)20/h2,8-9,11,14H,1,3-7,10H2,(H,21,26). The maximum Gasteiger partial charge on any atom is 0.250 e. The molecule has 2 amide bonds. The average Bonchev–Trinajstić information content (AvgIpc) is 3.05. The third-order valence-corrected chi connectivity index (χ3v) is 5.13. The quantitative estimate of drug-likeness (QED) is 0.822. The predicted octanol–water partition coefficient (Wildman–Crippen LogP) is 2.75. The molecule has 140 valence electrons. The van der Waals surface area contributed by atoms with Crippen molar-refractivity contribution in [2.24, 2.45) is 0 Å². The molecule has 1 N–H and O–H groups in total. The van der Waals surface area contributed by atoms with Crippen molar-refractivity contribution in [2.75, 3.05) is 10.2 Å². The van der Waals surface area contributed by atoms with Gasteiger partial charge in [-0.3, -0.25) is 14.5 Å². The van der Waals surface area contributed by atoms with Gasteiger partial charge in [0.1, 0.15) is 11.5 Å². The first-order valence-electron chi connectivity index (χ1n) is 9.02. The first-order chi connectivity index (χ1) is 13.0. The third-order valence-electron chi connectivity index (χ3n) is 5.13. The Kier molecular flexibility index (Phi) is 4.47. The monoisotopic (exact) mass is 369 g/mol. The molecule has 0 unspecified atom stereocenters. The number of halogens is 1. The van der Waals surface area contributed by atoms with Crippen LogP contribution in [0.1, 0.15) is 43.0 Å². The van der Waals surface area contributed by atoms with Crippen molar-refractivity contribution in [3.63, 3.8) is 0 Å². The van der Waals surface area contributed by atoms with Gasteiger partial charge >= 0.3 is 0 Å². The number of rotatable bonds is 5. The zero-order valence-corrected chi connectivity index (χ0v) is 14.8. The van der Waals surface area contributed by atoms with Crippen LogP contribution in [0.25, 0.3) is 0 Å². The number of benzene rings is 1. The van der Waals surface area contributed by atoms with Crippen LogP contribution >= 0.6 is 0 Å². The lowest BCUT2D eigenvalue weighted by molar-refractivity contribution is -0.116. The van der Waals surface area contributed by atoms with Crippen LogP contribution in [0, 0.1) is 5.82 Å². The Morgan fingerprint density at radius 3 is 2.93 bits per heavy atom. The topological polar surface area (TPSA) is 80.1 Å². The second-order valence-corrected chi connectivity index (χ2v) is 6.91. The van der Waals surface area contributed by atoms with Crippen LogP contribution in [-0.4, -0.2) is 26.8 Å². The molecule has 27 heavy (non-hydrogen) atoms. The SMILES string of the molecule is C=CC(=O)N(Cc1cn(C2CCC2)nn1)c1cc2c(cc1F)NC(=O)CC2. The molecule has 1 aliphatic heterocycles. The van der Waals surface area contributed by atoms with E-state index in [0.717, 1.165) is 24.5 Å². The number of hydrogen-bond donors (Lipinski definition) is 1. The molecule has 7 nitrogen and oxygen atoms in total. The Morgan fingerprint density at radius 1 is 1.41 bits per heavy atom. The van der Waals surface area contributed by atoms with Crippen molar-refractivity contribution in [3.05, 3.63) is 48.1 Å². The van der Waals surface area contributed by atoms with Gasteiger partial charge in [-0.2, -0.15) is 0 Å². The summed E-state index contributed by atoms with van der Waals surface area (Å²) in [6.07, 6.45) is 7.12. The van der Waals surface area contributed by atoms with E-state index in [1.54, 1.807) is 6.07 Å². The number of fused-ring (bicyclic) bond motifs is 1. The van der Waals surface area contributed by atoms with Crippen LogP contribution in [0.5, 0.6) is 0 Å². The second-order valence-electron chi connectivity index (χ2n) is 6.91. The van der Waals surface area contributed by atoms with E-state index in [2.05, 4.69) is 22.2 Å².